The van der Waals surface area contributed by atoms with Crippen molar-refractivity contribution in [3.8, 4) is 11.4 Å². The summed E-state index contributed by atoms with van der Waals surface area (Å²) >= 11 is 0. The Balaban J connectivity index is 0.00000225. The highest BCUT2D eigenvalue weighted by molar-refractivity contribution is 5.85. The number of imidazole rings is 1. The maximum atomic E-state index is 12.3. The number of hydrogen-bond acceptors (Lipinski definition) is 4. The van der Waals surface area contributed by atoms with Gasteiger partial charge in [0, 0.05) is 25.3 Å². The molecule has 3 aromatic rings. The fraction of sp³-hybridized carbons (Fsp3) is 0.333. The zero-order valence-electron chi connectivity index (χ0n) is 15.6. The smallest absolute Gasteiger partial charge is 0.237 e. The molecule has 0 radical (unpaired) electrons. The molecule has 1 aromatic heterocycles. The van der Waals surface area contributed by atoms with Gasteiger partial charge in [-0.2, -0.15) is 0 Å². The van der Waals surface area contributed by atoms with E-state index in [2.05, 4.69) is 15.3 Å². The molecule has 0 spiro atoms. The van der Waals surface area contributed by atoms with E-state index >= 15 is 0 Å². The van der Waals surface area contributed by atoms with Crippen molar-refractivity contribution in [2.75, 3.05) is 13.2 Å². The number of rotatable bonds is 5. The highest BCUT2D eigenvalue weighted by Crippen LogP contribution is 2.21. The predicted molar refractivity (Wildman–Crippen MR) is 112 cm³/mol. The molecule has 7 heteroatoms. The first-order valence-corrected chi connectivity index (χ1v) is 9.36. The Morgan fingerprint density at radius 2 is 1.89 bits per heavy atom. The topological polar surface area (TPSA) is 93.0 Å². The number of halogens is 1. The number of ether oxygens (including phenoxy) is 1. The van der Waals surface area contributed by atoms with Crippen LogP contribution in [0.3, 0.4) is 0 Å². The predicted octanol–water partition coefficient (Wildman–Crippen LogP) is 3.02. The summed E-state index contributed by atoms with van der Waals surface area (Å²) in [6.07, 6.45) is 1.70. The number of nitrogens with two attached hydrogens (primary N) is 1. The quantitative estimate of drug-likeness (QED) is 0.613. The van der Waals surface area contributed by atoms with Crippen molar-refractivity contribution in [3.05, 3.63) is 54.1 Å². The van der Waals surface area contributed by atoms with Crippen LogP contribution in [-0.4, -0.2) is 35.1 Å². The number of carbonyl (C=O) groups is 1. The largest absolute Gasteiger partial charge is 0.381 e. The number of benzene rings is 2. The van der Waals surface area contributed by atoms with Crippen LogP contribution in [0, 0.1) is 5.92 Å². The first-order valence-electron chi connectivity index (χ1n) is 9.36. The van der Waals surface area contributed by atoms with Gasteiger partial charge in [-0.25, -0.2) is 4.98 Å². The summed E-state index contributed by atoms with van der Waals surface area (Å²) in [6.45, 7) is 1.85. The first-order chi connectivity index (χ1) is 13.2. The summed E-state index contributed by atoms with van der Waals surface area (Å²) in [4.78, 5) is 20.2. The molecule has 1 aliphatic rings. The van der Waals surface area contributed by atoms with Gasteiger partial charge in [0.05, 0.1) is 17.1 Å². The molecule has 1 amide bonds. The highest BCUT2D eigenvalue weighted by atomic mass is 35.5. The molecule has 1 aliphatic heterocycles. The molecule has 1 saturated heterocycles. The van der Waals surface area contributed by atoms with E-state index in [0.717, 1.165) is 40.8 Å². The second-order valence-electron chi connectivity index (χ2n) is 6.99. The van der Waals surface area contributed by atoms with Crippen molar-refractivity contribution < 1.29 is 9.53 Å². The van der Waals surface area contributed by atoms with Crippen molar-refractivity contribution in [1.29, 1.82) is 0 Å². The van der Waals surface area contributed by atoms with Gasteiger partial charge >= 0.3 is 0 Å². The van der Waals surface area contributed by atoms with Crippen molar-refractivity contribution in [1.82, 2.24) is 15.3 Å². The fourth-order valence-electron chi connectivity index (χ4n) is 3.47. The van der Waals surface area contributed by atoms with Crippen LogP contribution in [0.4, 0.5) is 0 Å². The van der Waals surface area contributed by atoms with Gasteiger partial charge in [-0.05, 0) is 36.5 Å². The molecule has 0 bridgehead atoms. The number of hydrogen-bond donors (Lipinski definition) is 3. The maximum absolute atomic E-state index is 12.3. The first kappa shape index (κ1) is 20.3. The molecule has 28 heavy (non-hydrogen) atoms. The number of fused-ring (bicyclic) bond motifs is 1. The molecule has 148 valence electrons. The third-order valence-corrected chi connectivity index (χ3v) is 5.16. The summed E-state index contributed by atoms with van der Waals surface area (Å²) in [7, 11) is 0. The van der Waals surface area contributed by atoms with Crippen molar-refractivity contribution in [3.63, 3.8) is 0 Å². The highest BCUT2D eigenvalue weighted by Gasteiger charge is 2.26. The molecule has 0 aliphatic carbocycles. The maximum Gasteiger partial charge on any atom is 0.237 e. The third-order valence-electron chi connectivity index (χ3n) is 5.16. The minimum atomic E-state index is -0.469. The van der Waals surface area contributed by atoms with Crippen LogP contribution in [0.25, 0.3) is 22.4 Å². The lowest BCUT2D eigenvalue weighted by molar-refractivity contribution is -0.124. The van der Waals surface area contributed by atoms with Gasteiger partial charge in [0.1, 0.15) is 5.82 Å². The normalized spacial score (nSPS) is 15.8. The zero-order valence-corrected chi connectivity index (χ0v) is 16.4. The minimum Gasteiger partial charge on any atom is -0.381 e. The second-order valence-corrected chi connectivity index (χ2v) is 6.99. The lowest BCUT2D eigenvalue weighted by Crippen LogP contribution is -2.46. The number of aromatic nitrogens is 2. The van der Waals surface area contributed by atoms with Gasteiger partial charge in [-0.1, -0.05) is 36.4 Å². The summed E-state index contributed by atoms with van der Waals surface area (Å²) in [5.41, 5.74) is 10.1. The minimum absolute atomic E-state index is 0. The van der Waals surface area contributed by atoms with Crippen molar-refractivity contribution in [2.24, 2.45) is 11.7 Å². The number of carbonyl (C=O) groups excluding carboxylic acids is 1. The summed E-state index contributed by atoms with van der Waals surface area (Å²) in [6, 6.07) is 15.5. The van der Waals surface area contributed by atoms with E-state index in [9.17, 15) is 4.79 Å². The molecule has 1 fully saturated rings. The summed E-state index contributed by atoms with van der Waals surface area (Å²) in [5, 5.41) is 2.95. The van der Waals surface area contributed by atoms with E-state index < -0.39 is 6.04 Å². The van der Waals surface area contributed by atoms with Crippen LogP contribution in [0.5, 0.6) is 0 Å². The van der Waals surface area contributed by atoms with Gasteiger partial charge in [0.25, 0.3) is 0 Å². The number of nitrogens with one attached hydrogen (secondary N) is 2. The molecule has 0 saturated carbocycles. The molecule has 1 unspecified atom stereocenters. The molecular formula is C21H25ClN4O2. The molecule has 4 rings (SSSR count). The Kier molecular flexibility index (Phi) is 6.67. The third kappa shape index (κ3) is 4.52. The monoisotopic (exact) mass is 400 g/mol. The summed E-state index contributed by atoms with van der Waals surface area (Å²) < 4.78 is 5.33. The second kappa shape index (κ2) is 9.19. The van der Waals surface area contributed by atoms with Gasteiger partial charge in [0.15, 0.2) is 0 Å². The lowest BCUT2D eigenvalue weighted by atomic mass is 9.92. The number of nitrogens with zero attached hydrogens (tertiary/aromatic N) is 1. The van der Waals surface area contributed by atoms with Crippen molar-refractivity contribution >= 4 is 29.3 Å². The molecule has 2 aromatic carbocycles. The average Bonchev–Trinajstić information content (AvgIpc) is 3.17. The van der Waals surface area contributed by atoms with E-state index in [0.29, 0.717) is 19.8 Å². The van der Waals surface area contributed by atoms with Gasteiger partial charge in [0.2, 0.25) is 5.91 Å². The lowest BCUT2D eigenvalue weighted by Gasteiger charge is -2.26. The van der Waals surface area contributed by atoms with Crippen LogP contribution >= 0.6 is 12.4 Å². The van der Waals surface area contributed by atoms with Gasteiger partial charge < -0.3 is 20.8 Å². The molecule has 4 N–H and O–H groups in total. The fourth-order valence-corrected chi connectivity index (χ4v) is 3.47. The van der Waals surface area contributed by atoms with Crippen LogP contribution in [-0.2, 0) is 16.1 Å². The Bertz CT molecular complexity index is 887. The van der Waals surface area contributed by atoms with Crippen LogP contribution in [0.15, 0.2) is 48.5 Å². The number of H-pyrrole nitrogens is 1. The molecule has 6 nitrogen and oxygen atoms in total. The summed E-state index contributed by atoms with van der Waals surface area (Å²) in [5.74, 6) is 0.950. The van der Waals surface area contributed by atoms with Crippen LogP contribution in [0.2, 0.25) is 0 Å². The van der Waals surface area contributed by atoms with E-state index in [1.54, 1.807) is 0 Å². The van der Waals surface area contributed by atoms with Crippen molar-refractivity contribution in [2.45, 2.75) is 25.4 Å². The standard InChI is InChI=1S/C21H24N4O2.ClH/c22-19(15-9-11-27-12-10-15)21(26)23-13-14-5-7-16(8-6-14)20-24-17-3-1-2-4-18(17)25-20;/h1-8,15,19H,9-13,22H2,(H,23,26)(H,24,25);1H. The van der Waals surface area contributed by atoms with Crippen LogP contribution in [0.1, 0.15) is 18.4 Å². The van der Waals surface area contributed by atoms with Gasteiger partial charge in [-0.15, -0.1) is 12.4 Å². The van der Waals surface area contributed by atoms with Gasteiger partial charge in [-0.3, -0.25) is 4.79 Å². The van der Waals surface area contributed by atoms with E-state index in [-0.39, 0.29) is 24.2 Å². The Labute approximate surface area is 170 Å². The van der Waals surface area contributed by atoms with E-state index in [4.69, 9.17) is 10.5 Å². The number of para-hydroxylation sites is 2. The van der Waals surface area contributed by atoms with Crippen LogP contribution < -0.4 is 11.1 Å². The molecule has 2 heterocycles. The number of amides is 1. The molecular weight excluding hydrogens is 376 g/mol. The van der Waals surface area contributed by atoms with E-state index in [1.807, 2.05) is 48.5 Å². The zero-order chi connectivity index (χ0) is 18.6. The molecule has 1 atom stereocenters. The Morgan fingerprint density at radius 3 is 2.61 bits per heavy atom. The average molecular weight is 401 g/mol. The van der Waals surface area contributed by atoms with E-state index in [1.165, 1.54) is 0 Å². The SMILES string of the molecule is Cl.NC(C(=O)NCc1ccc(-c2nc3ccccc3[nH]2)cc1)C1CCOCC1. The Morgan fingerprint density at radius 1 is 1.18 bits per heavy atom. The number of aromatic amines is 1. The Hall–Kier alpha value is -2.41.